The number of carbonyl (C=O) groups is 1. The Balaban J connectivity index is 2.53. The maximum absolute atomic E-state index is 11.8. The van der Waals surface area contributed by atoms with Crippen molar-refractivity contribution in [3.05, 3.63) is 35.9 Å². The Kier molecular flexibility index (Phi) is 6.07. The molecular formula is C10H12F2NO4P. The molecule has 0 radical (unpaired) electrons. The molecule has 0 aliphatic heterocycles. The van der Waals surface area contributed by atoms with Gasteiger partial charge in [0, 0.05) is 0 Å². The first-order chi connectivity index (χ1) is 8.63. The molecule has 1 rings (SSSR count). The van der Waals surface area contributed by atoms with Gasteiger partial charge in [0.05, 0.1) is 6.04 Å². The van der Waals surface area contributed by atoms with Gasteiger partial charge in [-0.1, -0.05) is 30.3 Å². The first-order valence-corrected chi connectivity index (χ1v) is 6.78. The van der Waals surface area contributed by atoms with Gasteiger partial charge in [-0.25, -0.2) is 0 Å². The summed E-state index contributed by atoms with van der Waals surface area (Å²) < 4.78 is 40.4. The van der Waals surface area contributed by atoms with E-state index in [1.165, 1.54) is 0 Å². The molecule has 0 bridgehead atoms. The Morgan fingerprint density at radius 1 is 1.28 bits per heavy atom. The maximum Gasteiger partial charge on any atom is 0.407 e. The largest absolute Gasteiger partial charge is 0.407 e. The van der Waals surface area contributed by atoms with Crippen LogP contribution in [0.1, 0.15) is 5.56 Å². The van der Waals surface area contributed by atoms with Crippen LogP contribution in [-0.2, 0) is 25.2 Å². The quantitative estimate of drug-likeness (QED) is 0.584. The predicted molar refractivity (Wildman–Crippen MR) is 60.0 cm³/mol. The fraction of sp³-hybridized carbons (Fsp3) is 0.300. The summed E-state index contributed by atoms with van der Waals surface area (Å²) in [5.41, 5.74) is 0.847. The van der Waals surface area contributed by atoms with Gasteiger partial charge in [0.15, 0.2) is 0 Å². The zero-order chi connectivity index (χ0) is 13.4. The van der Waals surface area contributed by atoms with Gasteiger partial charge < -0.3 is 4.79 Å². The second kappa shape index (κ2) is 7.33. The van der Waals surface area contributed by atoms with Gasteiger partial charge in [0.1, 0.15) is 12.6 Å². The summed E-state index contributed by atoms with van der Waals surface area (Å²) in [6.07, 6.45) is 0.104. The van der Waals surface area contributed by atoms with Gasteiger partial charge in [0.2, 0.25) is 0 Å². The lowest BCUT2D eigenvalue weighted by molar-refractivity contribution is -0.109. The SMILES string of the molecule is O=C[C@H](Cc1ccccc1)NCP(=O)(OF)OF. The molecule has 100 valence electrons. The van der Waals surface area contributed by atoms with Gasteiger partial charge in [-0.3, -0.25) is 9.88 Å². The van der Waals surface area contributed by atoms with Crippen molar-refractivity contribution in [3.63, 3.8) is 0 Å². The summed E-state index contributed by atoms with van der Waals surface area (Å²) in [6, 6.07) is 8.22. The summed E-state index contributed by atoms with van der Waals surface area (Å²) in [5, 5.41) is 2.40. The number of aldehydes is 1. The van der Waals surface area contributed by atoms with Crippen molar-refractivity contribution >= 4 is 13.9 Å². The molecule has 8 heteroatoms. The molecule has 0 aliphatic carbocycles. The van der Waals surface area contributed by atoms with Gasteiger partial charge in [-0.15, -0.1) is 9.46 Å². The highest BCUT2D eigenvalue weighted by Gasteiger charge is 2.28. The average molecular weight is 279 g/mol. The van der Waals surface area contributed by atoms with Gasteiger partial charge in [-0.05, 0) is 21.0 Å². The third-order valence-corrected chi connectivity index (χ3v) is 3.21. The third-order valence-electron chi connectivity index (χ3n) is 2.22. The van der Waals surface area contributed by atoms with Crippen LogP contribution < -0.4 is 5.32 Å². The van der Waals surface area contributed by atoms with Crippen molar-refractivity contribution in [2.24, 2.45) is 0 Å². The van der Waals surface area contributed by atoms with Crippen LogP contribution in [0.15, 0.2) is 30.3 Å². The molecule has 0 fully saturated rings. The number of nitrogens with one attached hydrogen (secondary N) is 1. The number of rotatable bonds is 8. The first kappa shape index (κ1) is 14.9. The molecular weight excluding hydrogens is 267 g/mol. The maximum atomic E-state index is 11.8. The van der Waals surface area contributed by atoms with E-state index in [9.17, 15) is 18.4 Å². The van der Waals surface area contributed by atoms with Gasteiger partial charge in [0.25, 0.3) is 0 Å². The van der Waals surface area contributed by atoms with Crippen molar-refractivity contribution < 1.29 is 27.9 Å². The fourth-order valence-corrected chi connectivity index (χ4v) is 1.90. The summed E-state index contributed by atoms with van der Waals surface area (Å²) in [5.74, 6) is 0. The van der Waals surface area contributed by atoms with Gasteiger partial charge >= 0.3 is 7.60 Å². The Morgan fingerprint density at radius 3 is 2.39 bits per heavy atom. The van der Waals surface area contributed by atoms with Crippen molar-refractivity contribution in [1.82, 2.24) is 5.32 Å². The Bertz CT molecular complexity index is 410. The molecule has 0 aliphatic rings. The Labute approximate surface area is 102 Å². The van der Waals surface area contributed by atoms with Crippen LogP contribution in [0, 0.1) is 0 Å². The lowest BCUT2D eigenvalue weighted by Gasteiger charge is -2.14. The zero-order valence-corrected chi connectivity index (χ0v) is 10.2. The molecule has 18 heavy (non-hydrogen) atoms. The normalized spacial score (nSPS) is 13.2. The fourth-order valence-electron chi connectivity index (χ4n) is 1.32. The second-order valence-electron chi connectivity index (χ2n) is 3.54. The summed E-state index contributed by atoms with van der Waals surface area (Å²) >= 11 is 0. The van der Waals surface area contributed by atoms with E-state index in [1.807, 2.05) is 6.07 Å². The van der Waals surface area contributed by atoms with E-state index in [-0.39, 0.29) is 0 Å². The molecule has 0 unspecified atom stereocenters. The topological polar surface area (TPSA) is 64.6 Å². The number of hydrogen-bond donors (Lipinski definition) is 1. The predicted octanol–water partition coefficient (Wildman–Crippen LogP) is 2.34. The molecule has 1 aromatic rings. The monoisotopic (exact) mass is 279 g/mol. The lowest BCUT2D eigenvalue weighted by atomic mass is 10.1. The minimum Gasteiger partial charge on any atom is -0.302 e. The van der Waals surface area contributed by atoms with Crippen LogP contribution in [0.2, 0.25) is 0 Å². The minimum absolute atomic E-state index is 0.295. The molecule has 0 saturated carbocycles. The number of benzene rings is 1. The molecule has 0 saturated heterocycles. The highest BCUT2D eigenvalue weighted by atomic mass is 31.2. The molecule has 0 spiro atoms. The van der Waals surface area contributed by atoms with E-state index in [0.29, 0.717) is 12.7 Å². The highest BCUT2D eigenvalue weighted by Crippen LogP contribution is 2.47. The van der Waals surface area contributed by atoms with E-state index in [0.717, 1.165) is 5.56 Å². The molecule has 5 nitrogen and oxygen atoms in total. The Hall–Kier alpha value is -1.14. The molecule has 0 heterocycles. The van der Waals surface area contributed by atoms with Crippen LogP contribution in [-0.4, -0.2) is 18.6 Å². The molecule has 1 N–H and O–H groups in total. The number of carbonyl (C=O) groups excluding carboxylic acids is 1. The molecule has 1 atom stereocenters. The zero-order valence-electron chi connectivity index (χ0n) is 9.29. The lowest BCUT2D eigenvalue weighted by Crippen LogP contribution is -2.33. The summed E-state index contributed by atoms with van der Waals surface area (Å²) in [6.45, 7) is 0. The third kappa shape index (κ3) is 4.62. The van der Waals surface area contributed by atoms with E-state index in [1.54, 1.807) is 24.3 Å². The summed E-state index contributed by atoms with van der Waals surface area (Å²) in [7, 11) is -4.46. The van der Waals surface area contributed by atoms with Crippen molar-refractivity contribution in [2.45, 2.75) is 12.5 Å². The van der Waals surface area contributed by atoms with Crippen molar-refractivity contribution in [3.8, 4) is 0 Å². The Morgan fingerprint density at radius 2 is 1.89 bits per heavy atom. The molecule has 0 aromatic heterocycles. The number of halogens is 2. The average Bonchev–Trinajstić information content (AvgIpc) is 2.44. The van der Waals surface area contributed by atoms with Crippen LogP contribution in [0.25, 0.3) is 0 Å². The first-order valence-electron chi connectivity index (χ1n) is 5.06. The van der Waals surface area contributed by atoms with Crippen molar-refractivity contribution in [1.29, 1.82) is 0 Å². The van der Waals surface area contributed by atoms with E-state index in [2.05, 4.69) is 14.8 Å². The van der Waals surface area contributed by atoms with E-state index < -0.39 is 19.9 Å². The second-order valence-corrected chi connectivity index (χ2v) is 5.36. The van der Waals surface area contributed by atoms with Crippen LogP contribution in [0.5, 0.6) is 0 Å². The minimum atomic E-state index is -4.46. The smallest absolute Gasteiger partial charge is 0.302 e. The standard InChI is InChI=1S/C10H12F2NO4P/c11-16-18(15,17-12)8-13-10(7-14)6-9-4-2-1-3-5-9/h1-5,7,10,13H,6,8H2/t10-/m0/s1. The highest BCUT2D eigenvalue weighted by molar-refractivity contribution is 7.53. The van der Waals surface area contributed by atoms with E-state index >= 15 is 0 Å². The van der Waals surface area contributed by atoms with Crippen molar-refractivity contribution in [2.75, 3.05) is 6.29 Å². The van der Waals surface area contributed by atoms with Crippen LogP contribution in [0.4, 0.5) is 9.05 Å². The van der Waals surface area contributed by atoms with Gasteiger partial charge in [-0.2, -0.15) is 0 Å². The summed E-state index contributed by atoms with van der Waals surface area (Å²) in [4.78, 5) is 10.8. The van der Waals surface area contributed by atoms with E-state index in [4.69, 9.17) is 0 Å². The van der Waals surface area contributed by atoms with Crippen LogP contribution >= 0.6 is 7.60 Å². The molecule has 0 amide bonds. The molecule has 1 aromatic carbocycles. The number of hydrogen-bond acceptors (Lipinski definition) is 5. The van der Waals surface area contributed by atoms with Crippen LogP contribution in [0.3, 0.4) is 0 Å².